The van der Waals surface area contributed by atoms with E-state index in [0.717, 1.165) is 10.4 Å². The quantitative estimate of drug-likeness (QED) is 0.218. The zero-order valence-corrected chi connectivity index (χ0v) is 21.9. The summed E-state index contributed by atoms with van der Waals surface area (Å²) in [5.74, 6) is -0.0617. The van der Waals surface area contributed by atoms with E-state index < -0.39 is 23.5 Å². The lowest BCUT2D eigenvalue weighted by Crippen LogP contribution is -2.30. The van der Waals surface area contributed by atoms with Gasteiger partial charge in [-0.05, 0) is 72.5 Å². The number of carbonyl (C=O) groups excluding carboxylic acids is 2. The maximum Gasteiger partial charge on any atom is 0.294 e. The molecule has 39 heavy (non-hydrogen) atoms. The van der Waals surface area contributed by atoms with Crippen molar-refractivity contribution < 1.29 is 28.6 Å². The largest absolute Gasteiger partial charge is 0.503 e. The van der Waals surface area contributed by atoms with Gasteiger partial charge in [0.1, 0.15) is 17.5 Å². The molecule has 1 N–H and O–H groups in total. The van der Waals surface area contributed by atoms with Crippen molar-refractivity contribution in [3.63, 3.8) is 0 Å². The second kappa shape index (κ2) is 9.81. The van der Waals surface area contributed by atoms with Crippen LogP contribution in [0.2, 0.25) is 0 Å². The smallest absolute Gasteiger partial charge is 0.294 e. The number of benzene rings is 3. The minimum atomic E-state index is -0.830. The molecule has 5 aromatic rings. The molecule has 1 aliphatic heterocycles. The summed E-state index contributed by atoms with van der Waals surface area (Å²) < 4.78 is 17.2. The standard InChI is InChI=1S/C31H23NO6S/c1-18-6-3-8-22(16-18)37-21-13-11-20(12-14-21)32-27(25-10-5-15-39-25)26(29(34)31(32)35)28(33)24-17-19-7-4-9-23(36-2)30(19)38-24/h3-17,27,34H,1-2H3. The van der Waals surface area contributed by atoms with Crippen LogP contribution in [0.5, 0.6) is 17.2 Å². The SMILES string of the molecule is COc1cccc2cc(C(=O)C3=C(O)C(=O)N(c4ccc(Oc5cccc(C)c5)cc4)C3c3cccs3)oc12. The van der Waals surface area contributed by atoms with E-state index in [0.29, 0.717) is 33.9 Å². The molecule has 1 aliphatic rings. The van der Waals surface area contributed by atoms with Crippen molar-refractivity contribution in [3.8, 4) is 17.2 Å². The molecular formula is C31H23NO6S. The molecule has 3 heterocycles. The van der Waals surface area contributed by atoms with E-state index in [9.17, 15) is 14.7 Å². The van der Waals surface area contributed by atoms with Crippen molar-refractivity contribution in [3.05, 3.63) is 118 Å². The van der Waals surface area contributed by atoms with E-state index in [2.05, 4.69) is 0 Å². The van der Waals surface area contributed by atoms with Gasteiger partial charge in [-0.15, -0.1) is 11.3 Å². The number of thiophene rings is 1. The summed E-state index contributed by atoms with van der Waals surface area (Å²) in [5.41, 5.74) is 1.96. The second-order valence-electron chi connectivity index (χ2n) is 9.09. The van der Waals surface area contributed by atoms with Gasteiger partial charge >= 0.3 is 0 Å². The molecule has 194 valence electrons. The Morgan fingerprint density at radius 3 is 2.49 bits per heavy atom. The normalized spacial score (nSPS) is 15.3. The molecule has 7 nitrogen and oxygen atoms in total. The molecule has 0 aliphatic carbocycles. The predicted molar refractivity (Wildman–Crippen MR) is 149 cm³/mol. The van der Waals surface area contributed by atoms with Gasteiger partial charge in [0.15, 0.2) is 22.9 Å². The van der Waals surface area contributed by atoms with Gasteiger partial charge in [0, 0.05) is 16.0 Å². The van der Waals surface area contributed by atoms with Gasteiger partial charge in [0.25, 0.3) is 5.91 Å². The van der Waals surface area contributed by atoms with E-state index in [-0.39, 0.29) is 11.3 Å². The average Bonchev–Trinajstić information content (AvgIpc) is 3.68. The number of Topliss-reactive ketones (excluding diaryl/α,β-unsaturated/α-hetero) is 1. The van der Waals surface area contributed by atoms with Crippen molar-refractivity contribution in [2.45, 2.75) is 13.0 Å². The minimum Gasteiger partial charge on any atom is -0.503 e. The molecule has 3 aromatic carbocycles. The number of ketones is 1. The summed E-state index contributed by atoms with van der Waals surface area (Å²) in [4.78, 5) is 29.4. The highest BCUT2D eigenvalue weighted by Crippen LogP contribution is 2.44. The Hall–Kier alpha value is -4.82. The molecule has 6 rings (SSSR count). The number of hydrogen-bond donors (Lipinski definition) is 1. The van der Waals surface area contributed by atoms with Crippen LogP contribution in [0.15, 0.2) is 106 Å². The summed E-state index contributed by atoms with van der Waals surface area (Å²) in [6.07, 6.45) is 0. The molecular weight excluding hydrogens is 514 g/mol. The molecule has 0 saturated heterocycles. The average molecular weight is 538 g/mol. The van der Waals surface area contributed by atoms with Crippen molar-refractivity contribution in [1.82, 2.24) is 0 Å². The number of para-hydroxylation sites is 1. The minimum absolute atomic E-state index is 0.00848. The van der Waals surface area contributed by atoms with Crippen molar-refractivity contribution in [2.75, 3.05) is 12.0 Å². The number of aryl methyl sites for hydroxylation is 1. The molecule has 0 radical (unpaired) electrons. The predicted octanol–water partition coefficient (Wildman–Crippen LogP) is 7.39. The maximum absolute atomic E-state index is 13.8. The number of hydrogen-bond acceptors (Lipinski definition) is 7. The van der Waals surface area contributed by atoms with Crippen LogP contribution in [0.25, 0.3) is 11.0 Å². The Morgan fingerprint density at radius 2 is 1.77 bits per heavy atom. The highest BCUT2D eigenvalue weighted by Gasteiger charge is 2.46. The number of anilines is 1. The summed E-state index contributed by atoms with van der Waals surface area (Å²) in [5, 5.41) is 13.6. The number of amides is 1. The van der Waals surface area contributed by atoms with Gasteiger partial charge in [-0.1, -0.05) is 30.3 Å². The van der Waals surface area contributed by atoms with Crippen LogP contribution in [0.1, 0.15) is 27.0 Å². The molecule has 0 bridgehead atoms. The molecule has 1 amide bonds. The van der Waals surface area contributed by atoms with Crippen molar-refractivity contribution in [1.29, 1.82) is 0 Å². The summed E-state index contributed by atoms with van der Waals surface area (Å²) >= 11 is 1.39. The highest BCUT2D eigenvalue weighted by atomic mass is 32.1. The van der Waals surface area contributed by atoms with Crippen LogP contribution in [-0.2, 0) is 4.79 Å². The van der Waals surface area contributed by atoms with Crippen LogP contribution in [-0.4, -0.2) is 23.9 Å². The van der Waals surface area contributed by atoms with Gasteiger partial charge in [-0.25, -0.2) is 0 Å². The van der Waals surface area contributed by atoms with Crippen LogP contribution < -0.4 is 14.4 Å². The zero-order valence-electron chi connectivity index (χ0n) is 21.1. The lowest BCUT2D eigenvalue weighted by Gasteiger charge is -2.25. The summed E-state index contributed by atoms with van der Waals surface area (Å²) in [7, 11) is 1.52. The first-order valence-electron chi connectivity index (χ1n) is 12.2. The van der Waals surface area contributed by atoms with Crippen LogP contribution in [0.3, 0.4) is 0 Å². The fraction of sp³-hybridized carbons (Fsp3) is 0.0968. The Kier molecular flexibility index (Phi) is 6.17. The lowest BCUT2D eigenvalue weighted by molar-refractivity contribution is -0.117. The first-order valence-corrected chi connectivity index (χ1v) is 13.1. The number of nitrogens with zero attached hydrogens (tertiary/aromatic N) is 1. The third-order valence-electron chi connectivity index (χ3n) is 6.56. The van der Waals surface area contributed by atoms with E-state index in [1.54, 1.807) is 48.5 Å². The van der Waals surface area contributed by atoms with Gasteiger partial charge in [0.05, 0.1) is 12.7 Å². The number of carbonyl (C=O) groups is 2. The topological polar surface area (TPSA) is 89.2 Å². The molecule has 2 aromatic heterocycles. The van der Waals surface area contributed by atoms with E-state index in [1.807, 2.05) is 48.7 Å². The van der Waals surface area contributed by atoms with Gasteiger partial charge in [-0.3, -0.25) is 14.5 Å². The van der Waals surface area contributed by atoms with Crippen LogP contribution in [0.4, 0.5) is 5.69 Å². The third kappa shape index (κ3) is 4.34. The Morgan fingerprint density at radius 1 is 0.974 bits per heavy atom. The van der Waals surface area contributed by atoms with E-state index in [1.165, 1.54) is 23.3 Å². The van der Waals surface area contributed by atoms with Gasteiger partial charge < -0.3 is 19.0 Å². The number of methoxy groups -OCH3 is 1. The third-order valence-corrected chi connectivity index (χ3v) is 7.48. The lowest BCUT2D eigenvalue weighted by atomic mass is 10.00. The molecule has 1 unspecified atom stereocenters. The molecule has 8 heteroatoms. The van der Waals surface area contributed by atoms with E-state index >= 15 is 0 Å². The molecule has 1 atom stereocenters. The maximum atomic E-state index is 13.8. The number of rotatable bonds is 7. The van der Waals surface area contributed by atoms with E-state index in [4.69, 9.17) is 13.9 Å². The fourth-order valence-electron chi connectivity index (χ4n) is 4.75. The molecule has 0 fully saturated rings. The number of aliphatic hydroxyl groups excluding tert-OH is 1. The fourth-order valence-corrected chi connectivity index (χ4v) is 5.57. The number of fused-ring (bicyclic) bond motifs is 1. The highest BCUT2D eigenvalue weighted by molar-refractivity contribution is 7.10. The number of ether oxygens (including phenoxy) is 2. The first-order chi connectivity index (χ1) is 18.9. The van der Waals surface area contributed by atoms with Gasteiger partial charge in [0.2, 0.25) is 5.78 Å². The Labute approximate surface area is 228 Å². The zero-order chi connectivity index (χ0) is 27.1. The monoisotopic (exact) mass is 537 g/mol. The molecule has 0 spiro atoms. The number of aliphatic hydroxyl groups is 1. The van der Waals surface area contributed by atoms with Crippen LogP contribution in [0, 0.1) is 6.92 Å². The Balaban J connectivity index is 1.36. The first kappa shape index (κ1) is 24.5. The van der Waals surface area contributed by atoms with Gasteiger partial charge in [-0.2, -0.15) is 0 Å². The van der Waals surface area contributed by atoms with Crippen molar-refractivity contribution >= 4 is 39.7 Å². The molecule has 0 saturated carbocycles. The number of furan rings is 1. The Bertz CT molecular complexity index is 1730. The summed E-state index contributed by atoms with van der Waals surface area (Å²) in [6.45, 7) is 1.99. The summed E-state index contributed by atoms with van der Waals surface area (Å²) in [6, 6.07) is 24.4. The van der Waals surface area contributed by atoms with Crippen molar-refractivity contribution in [2.24, 2.45) is 0 Å². The van der Waals surface area contributed by atoms with Crippen LogP contribution >= 0.6 is 11.3 Å². The second-order valence-corrected chi connectivity index (χ2v) is 10.1.